The number of hydrogen-bond acceptors (Lipinski definition) is 7. The zero-order valence-corrected chi connectivity index (χ0v) is 17.4. The van der Waals surface area contributed by atoms with Crippen molar-refractivity contribution in [1.29, 1.82) is 0 Å². The summed E-state index contributed by atoms with van der Waals surface area (Å²) in [5, 5.41) is 0. The third kappa shape index (κ3) is 5.90. The number of benzene rings is 2. The van der Waals surface area contributed by atoms with Crippen LogP contribution >= 0.6 is 45.2 Å². The molecule has 0 heterocycles. The second-order valence-corrected chi connectivity index (χ2v) is 8.39. The standard InChI is InChI=1S/C15H10I2O7S/c16-9-1-6-12(13(17)7-9)15(19)23-8-14(18)24-10-2-4-11(5-3-10)25(20,21)22/h1-7H,8H2,(H,20,21,22)/p-1. The van der Waals surface area contributed by atoms with Gasteiger partial charge in [0.05, 0.1) is 10.5 Å². The number of hydrogen-bond donors (Lipinski definition) is 0. The number of carbonyl (C=O) groups excluding carboxylic acids is 2. The van der Waals surface area contributed by atoms with E-state index in [2.05, 4.69) is 22.6 Å². The van der Waals surface area contributed by atoms with Crippen LogP contribution in [0.15, 0.2) is 47.4 Å². The van der Waals surface area contributed by atoms with E-state index >= 15 is 0 Å². The van der Waals surface area contributed by atoms with Gasteiger partial charge in [0.25, 0.3) is 0 Å². The molecular formula is C15H9I2O7S-. The quantitative estimate of drug-likeness (QED) is 0.229. The van der Waals surface area contributed by atoms with Crippen LogP contribution in [-0.2, 0) is 19.6 Å². The first-order chi connectivity index (χ1) is 11.7. The average Bonchev–Trinajstić information content (AvgIpc) is 2.52. The van der Waals surface area contributed by atoms with Crippen molar-refractivity contribution in [3.8, 4) is 5.75 Å². The van der Waals surface area contributed by atoms with Crippen LogP contribution in [0.3, 0.4) is 0 Å². The molecule has 2 aromatic carbocycles. The summed E-state index contributed by atoms with van der Waals surface area (Å²) in [6, 6.07) is 9.49. The monoisotopic (exact) mass is 587 g/mol. The van der Waals surface area contributed by atoms with Crippen molar-refractivity contribution in [2.45, 2.75) is 4.90 Å². The minimum absolute atomic E-state index is 0.0253. The molecular weight excluding hydrogens is 578 g/mol. The van der Waals surface area contributed by atoms with Crippen molar-refractivity contribution in [1.82, 2.24) is 0 Å². The molecule has 2 rings (SSSR count). The molecule has 0 aliphatic heterocycles. The second-order valence-electron chi connectivity index (χ2n) is 4.60. The Morgan fingerprint density at radius 3 is 2.24 bits per heavy atom. The third-order valence-electron chi connectivity index (χ3n) is 2.82. The molecule has 0 bridgehead atoms. The number of rotatable bonds is 5. The second kappa shape index (κ2) is 8.42. The first-order valence-electron chi connectivity index (χ1n) is 6.55. The van der Waals surface area contributed by atoms with E-state index < -0.39 is 33.6 Å². The molecule has 25 heavy (non-hydrogen) atoms. The van der Waals surface area contributed by atoms with Crippen LogP contribution in [-0.4, -0.2) is 31.5 Å². The molecule has 10 heteroatoms. The lowest BCUT2D eigenvalue weighted by molar-refractivity contribution is -0.137. The summed E-state index contributed by atoms with van der Waals surface area (Å²) in [7, 11) is -4.57. The van der Waals surface area contributed by atoms with Gasteiger partial charge in [-0.05, 0) is 87.6 Å². The molecule has 0 spiro atoms. The van der Waals surface area contributed by atoms with Gasteiger partial charge in [-0.2, -0.15) is 0 Å². The molecule has 0 amide bonds. The maximum absolute atomic E-state index is 12.0. The average molecular weight is 587 g/mol. The van der Waals surface area contributed by atoms with Crippen LogP contribution in [0, 0.1) is 7.14 Å². The van der Waals surface area contributed by atoms with E-state index in [1.807, 2.05) is 22.6 Å². The van der Waals surface area contributed by atoms with Crippen molar-refractivity contribution in [3.63, 3.8) is 0 Å². The summed E-state index contributed by atoms with van der Waals surface area (Å²) in [6.07, 6.45) is 0. The third-order valence-corrected chi connectivity index (χ3v) is 5.23. The molecule has 132 valence electrons. The Bertz CT molecular complexity index is 908. The van der Waals surface area contributed by atoms with Gasteiger partial charge in [-0.25, -0.2) is 18.0 Å². The summed E-state index contributed by atoms with van der Waals surface area (Å²) in [6.45, 7) is -0.609. The van der Waals surface area contributed by atoms with E-state index in [0.29, 0.717) is 9.13 Å². The first kappa shape index (κ1) is 20.1. The summed E-state index contributed by atoms with van der Waals surface area (Å²) in [4.78, 5) is 23.2. The van der Waals surface area contributed by atoms with Crippen LogP contribution in [0.1, 0.15) is 10.4 Å². The van der Waals surface area contributed by atoms with Crippen molar-refractivity contribution >= 4 is 67.2 Å². The van der Waals surface area contributed by atoms with Crippen LogP contribution < -0.4 is 4.74 Å². The Hall–Kier alpha value is -1.25. The fourth-order valence-electron chi connectivity index (χ4n) is 1.69. The van der Waals surface area contributed by atoms with E-state index in [4.69, 9.17) is 9.47 Å². The van der Waals surface area contributed by atoms with Crippen molar-refractivity contribution in [2.24, 2.45) is 0 Å². The van der Waals surface area contributed by atoms with Gasteiger partial charge in [-0.1, -0.05) is 0 Å². The Labute approximate surface area is 170 Å². The predicted octanol–water partition coefficient (Wildman–Crippen LogP) is 2.56. The molecule has 0 radical (unpaired) electrons. The van der Waals surface area contributed by atoms with E-state index in [0.717, 1.165) is 27.8 Å². The lowest BCUT2D eigenvalue weighted by Gasteiger charge is -2.09. The lowest BCUT2D eigenvalue weighted by atomic mass is 10.2. The predicted molar refractivity (Wildman–Crippen MR) is 102 cm³/mol. The largest absolute Gasteiger partial charge is 0.744 e. The fraction of sp³-hybridized carbons (Fsp3) is 0.0667. The van der Waals surface area contributed by atoms with Crippen molar-refractivity contribution in [2.75, 3.05) is 6.61 Å². The molecule has 0 aliphatic rings. The van der Waals surface area contributed by atoms with E-state index in [9.17, 15) is 22.6 Å². The smallest absolute Gasteiger partial charge is 0.349 e. The topological polar surface area (TPSA) is 110 Å². The Morgan fingerprint density at radius 2 is 1.68 bits per heavy atom. The summed E-state index contributed by atoms with van der Waals surface area (Å²) < 4.78 is 43.9. The first-order valence-corrected chi connectivity index (χ1v) is 10.1. The highest BCUT2D eigenvalue weighted by Crippen LogP contribution is 2.18. The minimum Gasteiger partial charge on any atom is -0.744 e. The Balaban J connectivity index is 1.93. The van der Waals surface area contributed by atoms with Gasteiger partial charge < -0.3 is 14.0 Å². The maximum Gasteiger partial charge on any atom is 0.349 e. The Morgan fingerprint density at radius 1 is 1.04 bits per heavy atom. The zero-order chi connectivity index (χ0) is 18.6. The van der Waals surface area contributed by atoms with E-state index in [1.165, 1.54) is 0 Å². The molecule has 0 atom stereocenters. The van der Waals surface area contributed by atoms with Crippen LogP contribution in [0.2, 0.25) is 0 Å². The van der Waals surface area contributed by atoms with Gasteiger partial charge >= 0.3 is 11.9 Å². The van der Waals surface area contributed by atoms with Gasteiger partial charge in [-0.3, -0.25) is 0 Å². The fourth-order valence-corrected chi connectivity index (χ4v) is 3.98. The molecule has 0 saturated carbocycles. The number of ether oxygens (including phenoxy) is 2. The van der Waals surface area contributed by atoms with E-state index in [-0.39, 0.29) is 5.75 Å². The normalized spacial score (nSPS) is 11.0. The number of halogens is 2. The van der Waals surface area contributed by atoms with Gasteiger partial charge in [0, 0.05) is 7.14 Å². The molecule has 0 saturated heterocycles. The van der Waals surface area contributed by atoms with Gasteiger partial charge in [-0.15, -0.1) is 0 Å². The highest BCUT2D eigenvalue weighted by Gasteiger charge is 2.15. The Kier molecular flexibility index (Phi) is 6.76. The van der Waals surface area contributed by atoms with Crippen LogP contribution in [0.5, 0.6) is 5.75 Å². The highest BCUT2D eigenvalue weighted by molar-refractivity contribution is 14.1. The molecule has 2 aromatic rings. The van der Waals surface area contributed by atoms with Crippen LogP contribution in [0.4, 0.5) is 0 Å². The molecule has 0 unspecified atom stereocenters. The number of esters is 2. The van der Waals surface area contributed by atoms with Gasteiger partial charge in [0.1, 0.15) is 15.9 Å². The highest BCUT2D eigenvalue weighted by atomic mass is 127. The van der Waals surface area contributed by atoms with Gasteiger partial charge in [0.2, 0.25) is 0 Å². The summed E-state index contributed by atoms with van der Waals surface area (Å²) in [5.41, 5.74) is 0.332. The number of carbonyl (C=O) groups is 2. The lowest BCUT2D eigenvalue weighted by Crippen LogP contribution is -2.19. The zero-order valence-electron chi connectivity index (χ0n) is 12.3. The molecule has 0 N–H and O–H groups in total. The maximum atomic E-state index is 12.0. The molecule has 7 nitrogen and oxygen atoms in total. The summed E-state index contributed by atoms with van der Waals surface area (Å²) >= 11 is 4.10. The van der Waals surface area contributed by atoms with Crippen molar-refractivity contribution < 1.29 is 32.0 Å². The van der Waals surface area contributed by atoms with Crippen LogP contribution in [0.25, 0.3) is 0 Å². The van der Waals surface area contributed by atoms with Gasteiger partial charge in [0.15, 0.2) is 6.61 Å². The molecule has 0 aliphatic carbocycles. The molecule has 0 fully saturated rings. The minimum atomic E-state index is -4.57. The van der Waals surface area contributed by atoms with Crippen molar-refractivity contribution in [3.05, 3.63) is 55.2 Å². The summed E-state index contributed by atoms with van der Waals surface area (Å²) in [5.74, 6) is -1.48. The van der Waals surface area contributed by atoms with E-state index in [1.54, 1.807) is 18.2 Å². The SMILES string of the molecule is O=C(COC(=O)c1ccc(I)cc1I)Oc1ccc(S(=O)(=O)[O-])cc1. The molecule has 0 aromatic heterocycles.